The topological polar surface area (TPSA) is 105 Å². The number of hydrogen-bond donors (Lipinski definition) is 1. The number of halogens is 2. The number of benzene rings is 1. The molecular formula is C27H35F2N7O3S. The van der Waals surface area contributed by atoms with Crippen LogP contribution < -0.4 is 10.2 Å². The molecule has 2 aromatic heterocycles. The van der Waals surface area contributed by atoms with Crippen molar-refractivity contribution in [2.45, 2.75) is 38.2 Å². The minimum Gasteiger partial charge on any atom is -0.378 e. The highest BCUT2D eigenvalue weighted by Crippen LogP contribution is 2.31. The van der Waals surface area contributed by atoms with Crippen LogP contribution in [0.25, 0.3) is 16.9 Å². The molecular weight excluding hydrogens is 540 g/mol. The van der Waals surface area contributed by atoms with Gasteiger partial charge in [-0.3, -0.25) is 9.47 Å². The second-order valence-corrected chi connectivity index (χ2v) is 13.1. The van der Waals surface area contributed by atoms with E-state index >= 15 is 0 Å². The molecule has 6 rings (SSSR count). The zero-order chi connectivity index (χ0) is 27.7. The van der Waals surface area contributed by atoms with E-state index in [1.54, 1.807) is 30.3 Å². The van der Waals surface area contributed by atoms with E-state index in [1.165, 1.54) is 4.57 Å². The maximum Gasteiger partial charge on any atom is 0.296 e. The molecule has 40 heavy (non-hydrogen) atoms. The molecule has 0 unspecified atom stereocenters. The van der Waals surface area contributed by atoms with Crippen LogP contribution in [0.15, 0.2) is 30.3 Å². The first-order chi connectivity index (χ1) is 19.4. The van der Waals surface area contributed by atoms with E-state index in [0.717, 1.165) is 25.7 Å². The molecule has 0 radical (unpaired) electrons. The van der Waals surface area contributed by atoms with Gasteiger partial charge in [0.25, 0.3) is 6.43 Å². The third-order valence-electron chi connectivity index (χ3n) is 8.31. The lowest BCUT2D eigenvalue weighted by Crippen LogP contribution is -2.47. The fourth-order valence-electron chi connectivity index (χ4n) is 6.04. The summed E-state index contributed by atoms with van der Waals surface area (Å²) in [7, 11) is -2.88. The smallest absolute Gasteiger partial charge is 0.296 e. The van der Waals surface area contributed by atoms with Gasteiger partial charge in [-0.15, -0.1) is 0 Å². The van der Waals surface area contributed by atoms with Gasteiger partial charge in [0.2, 0.25) is 5.95 Å². The molecule has 0 amide bonds. The monoisotopic (exact) mass is 575 g/mol. The van der Waals surface area contributed by atoms with Gasteiger partial charge in [-0.2, -0.15) is 9.97 Å². The quantitative estimate of drug-likeness (QED) is 0.454. The first-order valence-electron chi connectivity index (χ1n) is 14.0. The molecule has 4 heterocycles. The second kappa shape index (κ2) is 11.5. The molecule has 0 bridgehead atoms. The van der Waals surface area contributed by atoms with Crippen molar-refractivity contribution in [1.82, 2.24) is 24.4 Å². The highest BCUT2D eigenvalue weighted by atomic mass is 32.2. The summed E-state index contributed by atoms with van der Waals surface area (Å²) in [5.74, 6) is 2.02. The van der Waals surface area contributed by atoms with Crippen molar-refractivity contribution in [3.63, 3.8) is 0 Å². The van der Waals surface area contributed by atoms with Gasteiger partial charge >= 0.3 is 0 Å². The molecule has 0 atom stereocenters. The lowest BCUT2D eigenvalue weighted by molar-refractivity contribution is 0.122. The number of rotatable bonds is 7. The lowest BCUT2D eigenvalue weighted by atomic mass is 9.85. The molecule has 1 aromatic carbocycles. The van der Waals surface area contributed by atoms with Crippen LogP contribution in [0.3, 0.4) is 0 Å². The van der Waals surface area contributed by atoms with Crippen molar-refractivity contribution < 1.29 is 21.9 Å². The molecule has 2 saturated heterocycles. The Labute approximate surface area is 232 Å². The second-order valence-electron chi connectivity index (χ2n) is 10.8. The fraction of sp³-hybridized carbons (Fsp3) is 0.593. The number of anilines is 2. The highest BCUT2D eigenvalue weighted by Gasteiger charge is 2.30. The van der Waals surface area contributed by atoms with E-state index in [2.05, 4.69) is 20.1 Å². The minimum atomic E-state index is -2.88. The van der Waals surface area contributed by atoms with Crippen molar-refractivity contribution in [2.24, 2.45) is 5.92 Å². The number of hydrogen-bond acceptors (Lipinski definition) is 9. The maximum atomic E-state index is 14.1. The van der Waals surface area contributed by atoms with E-state index in [4.69, 9.17) is 14.7 Å². The number of sulfone groups is 1. The van der Waals surface area contributed by atoms with Crippen LogP contribution in [-0.4, -0.2) is 96.3 Å². The molecule has 216 valence electrons. The zero-order valence-corrected chi connectivity index (χ0v) is 23.2. The van der Waals surface area contributed by atoms with E-state index in [-0.39, 0.29) is 17.3 Å². The van der Waals surface area contributed by atoms with Gasteiger partial charge in [-0.05, 0) is 43.7 Å². The summed E-state index contributed by atoms with van der Waals surface area (Å²) in [6.07, 6.45) is 1.36. The van der Waals surface area contributed by atoms with Gasteiger partial charge in [0.15, 0.2) is 15.7 Å². The van der Waals surface area contributed by atoms with Gasteiger partial charge in [0, 0.05) is 44.8 Å². The summed E-state index contributed by atoms with van der Waals surface area (Å²) in [6, 6.07) is 9.26. The molecule has 10 nitrogen and oxygen atoms in total. The van der Waals surface area contributed by atoms with Crippen molar-refractivity contribution >= 4 is 32.6 Å². The SMILES string of the molecule is O=S1(=O)CCN([C@H]2CC[C@H](CNc3nc(N4CCOCC4)cc(-n4c(C(F)F)nc5ccccc54)n3)CC2)CC1. The number of alkyl halides is 2. The van der Waals surface area contributed by atoms with E-state index in [9.17, 15) is 17.2 Å². The van der Waals surface area contributed by atoms with Crippen molar-refractivity contribution in [2.75, 3.05) is 67.7 Å². The number of imidazole rings is 1. The van der Waals surface area contributed by atoms with Crippen molar-refractivity contribution in [3.05, 3.63) is 36.2 Å². The van der Waals surface area contributed by atoms with Crippen LogP contribution in [-0.2, 0) is 14.6 Å². The predicted molar refractivity (Wildman–Crippen MR) is 149 cm³/mol. The Bertz CT molecular complexity index is 1420. The highest BCUT2D eigenvalue weighted by molar-refractivity contribution is 7.91. The molecule has 3 aliphatic rings. The van der Waals surface area contributed by atoms with Gasteiger partial charge in [-0.25, -0.2) is 22.2 Å². The number of fused-ring (bicyclic) bond motifs is 1. The lowest BCUT2D eigenvalue weighted by Gasteiger charge is -2.38. The Balaban J connectivity index is 1.20. The van der Waals surface area contributed by atoms with Gasteiger partial charge < -0.3 is 15.0 Å². The number of aromatic nitrogens is 4. The fourth-order valence-corrected chi connectivity index (χ4v) is 7.27. The van der Waals surface area contributed by atoms with Gasteiger partial charge in [-0.1, -0.05) is 12.1 Å². The Morgan fingerprint density at radius 2 is 1.65 bits per heavy atom. The average molecular weight is 576 g/mol. The third kappa shape index (κ3) is 5.91. The Morgan fingerprint density at radius 3 is 2.38 bits per heavy atom. The summed E-state index contributed by atoms with van der Waals surface area (Å²) in [5.41, 5.74) is 1.06. The van der Waals surface area contributed by atoms with Crippen LogP contribution in [0.4, 0.5) is 20.5 Å². The number of para-hydroxylation sites is 2. The standard InChI is InChI=1S/C27H35F2N7O3S/c28-25(29)26-31-21-3-1-2-4-22(21)36(26)24-17-23(35-9-13-39-14-10-35)32-27(33-24)30-18-19-5-7-20(8-6-19)34-11-15-40(37,38)16-12-34/h1-4,17,19-20,25H,5-16,18H2,(H,30,32,33)/t19-,20-. The van der Waals surface area contributed by atoms with E-state index in [1.807, 2.05) is 0 Å². The number of nitrogens with one attached hydrogen (secondary N) is 1. The molecule has 1 aliphatic carbocycles. The number of ether oxygens (including phenoxy) is 1. The summed E-state index contributed by atoms with van der Waals surface area (Å²) < 4.78 is 58.7. The van der Waals surface area contributed by atoms with Crippen LogP contribution in [0.5, 0.6) is 0 Å². The molecule has 0 spiro atoms. The normalized spacial score (nSPS) is 24.0. The number of morpholine rings is 1. The van der Waals surface area contributed by atoms with E-state index in [0.29, 0.717) is 86.5 Å². The summed E-state index contributed by atoms with van der Waals surface area (Å²) in [5, 5.41) is 3.40. The minimum absolute atomic E-state index is 0.257. The van der Waals surface area contributed by atoms with Gasteiger partial charge in [0.1, 0.15) is 11.6 Å². The zero-order valence-electron chi connectivity index (χ0n) is 22.4. The summed E-state index contributed by atoms with van der Waals surface area (Å²) in [4.78, 5) is 18.1. The van der Waals surface area contributed by atoms with E-state index < -0.39 is 16.3 Å². The van der Waals surface area contributed by atoms with Crippen LogP contribution >= 0.6 is 0 Å². The first-order valence-corrected chi connectivity index (χ1v) is 15.8. The van der Waals surface area contributed by atoms with Crippen LogP contribution in [0.2, 0.25) is 0 Å². The first kappa shape index (κ1) is 27.3. The number of nitrogens with zero attached hydrogens (tertiary/aromatic N) is 6. The third-order valence-corrected chi connectivity index (χ3v) is 9.91. The largest absolute Gasteiger partial charge is 0.378 e. The Hall–Kier alpha value is -2.90. The summed E-state index contributed by atoms with van der Waals surface area (Å²) in [6.45, 7) is 4.40. The molecule has 3 fully saturated rings. The molecule has 13 heteroatoms. The maximum absolute atomic E-state index is 14.1. The molecule has 1 saturated carbocycles. The van der Waals surface area contributed by atoms with Crippen molar-refractivity contribution in [3.8, 4) is 5.82 Å². The molecule has 3 aromatic rings. The predicted octanol–water partition coefficient (Wildman–Crippen LogP) is 3.29. The molecule has 2 aliphatic heterocycles. The van der Waals surface area contributed by atoms with Crippen LogP contribution in [0.1, 0.15) is 37.9 Å². The van der Waals surface area contributed by atoms with Crippen LogP contribution in [0, 0.1) is 5.92 Å². The molecule has 1 N–H and O–H groups in total. The van der Waals surface area contributed by atoms with Gasteiger partial charge in [0.05, 0.1) is 35.8 Å². The summed E-state index contributed by atoms with van der Waals surface area (Å²) >= 11 is 0. The average Bonchev–Trinajstić information content (AvgIpc) is 3.37. The van der Waals surface area contributed by atoms with Crippen molar-refractivity contribution in [1.29, 1.82) is 0 Å². The Kier molecular flexibility index (Phi) is 7.87. The Morgan fingerprint density at radius 1 is 0.950 bits per heavy atom.